The first-order chi connectivity index (χ1) is 8.54. The summed E-state index contributed by atoms with van der Waals surface area (Å²) >= 11 is 1.54. The summed E-state index contributed by atoms with van der Waals surface area (Å²) < 4.78 is 0. The molecule has 0 saturated carbocycles. The van der Waals surface area contributed by atoms with Crippen molar-refractivity contribution in [3.8, 4) is 0 Å². The minimum Gasteiger partial charge on any atom is -0.358 e. The standard InChI is InChI=1S/C13H16N3OS.W/c1-9(2)13(3,12-7-14-16-15-12)6-11(17)10-4-5-18-8-10;/h4-5,7-9H,6H2,1-3H3;/q-1;/t13-;/m0./s1. The molecular formula is C13H16N3OSW-. The van der Waals surface area contributed by atoms with E-state index in [1.54, 1.807) is 6.20 Å². The van der Waals surface area contributed by atoms with Gasteiger partial charge in [0.1, 0.15) is 0 Å². The fraction of sp³-hybridized carbons (Fsp3) is 0.462. The molecule has 2 rings (SSSR count). The van der Waals surface area contributed by atoms with Crippen molar-refractivity contribution < 1.29 is 25.9 Å². The second-order valence-electron chi connectivity index (χ2n) is 5.00. The molecule has 6 heteroatoms. The smallest absolute Gasteiger partial charge is 0.164 e. The van der Waals surface area contributed by atoms with Crippen LogP contribution in [0.5, 0.6) is 0 Å². The van der Waals surface area contributed by atoms with E-state index in [1.165, 1.54) is 11.3 Å². The zero-order valence-corrected chi connectivity index (χ0v) is 14.9. The third kappa shape index (κ3) is 3.40. The molecule has 0 aliphatic rings. The van der Waals surface area contributed by atoms with E-state index in [9.17, 15) is 4.79 Å². The quantitative estimate of drug-likeness (QED) is 0.664. The molecule has 0 aliphatic carbocycles. The summed E-state index contributed by atoms with van der Waals surface area (Å²) in [7, 11) is 0. The number of nitrogens with zero attached hydrogens (tertiary/aromatic N) is 3. The van der Waals surface area contributed by atoms with E-state index in [0.29, 0.717) is 12.3 Å². The Morgan fingerprint density at radius 2 is 2.26 bits per heavy atom. The van der Waals surface area contributed by atoms with Crippen LogP contribution < -0.4 is 5.10 Å². The average molecular weight is 446 g/mol. The van der Waals surface area contributed by atoms with E-state index in [4.69, 9.17) is 0 Å². The topological polar surface area (TPSA) is 57.0 Å². The molecular weight excluding hydrogens is 430 g/mol. The molecule has 0 fully saturated rings. The van der Waals surface area contributed by atoms with E-state index in [0.717, 1.165) is 11.3 Å². The molecule has 0 saturated heterocycles. The molecule has 0 N–H and O–H groups in total. The van der Waals surface area contributed by atoms with E-state index in [2.05, 4.69) is 29.3 Å². The van der Waals surface area contributed by atoms with Crippen LogP contribution in [0, 0.1) is 5.92 Å². The maximum Gasteiger partial charge on any atom is 0.164 e. The molecule has 19 heavy (non-hydrogen) atoms. The van der Waals surface area contributed by atoms with Crippen LogP contribution >= 0.6 is 11.3 Å². The molecule has 0 spiro atoms. The summed E-state index contributed by atoms with van der Waals surface area (Å²) in [6.45, 7) is 6.23. The van der Waals surface area contributed by atoms with Crippen molar-refractivity contribution in [3.05, 3.63) is 34.3 Å². The van der Waals surface area contributed by atoms with Crippen LogP contribution in [0.3, 0.4) is 0 Å². The zero-order chi connectivity index (χ0) is 13.2. The van der Waals surface area contributed by atoms with E-state index in [1.807, 2.05) is 23.8 Å². The van der Waals surface area contributed by atoms with Gasteiger partial charge in [0.05, 0.1) is 0 Å². The summed E-state index contributed by atoms with van der Waals surface area (Å²) in [5.74, 6) is 0.439. The normalized spacial score (nSPS) is 13.9. The number of thiophene rings is 1. The van der Waals surface area contributed by atoms with Gasteiger partial charge in [-0.3, -0.25) is 10.0 Å². The molecule has 0 radical (unpaired) electrons. The van der Waals surface area contributed by atoms with Gasteiger partial charge in [0.25, 0.3) is 0 Å². The fourth-order valence-electron chi connectivity index (χ4n) is 1.89. The maximum absolute atomic E-state index is 12.3. The van der Waals surface area contributed by atoms with E-state index >= 15 is 0 Å². The summed E-state index contributed by atoms with van der Waals surface area (Å²) in [6.07, 6.45) is 2.09. The summed E-state index contributed by atoms with van der Waals surface area (Å²) in [5, 5.41) is 15.2. The number of rotatable bonds is 5. The number of aromatic nitrogens is 3. The first-order valence-corrected chi connectivity index (χ1v) is 6.85. The van der Waals surface area contributed by atoms with Gasteiger partial charge in [-0.05, 0) is 28.5 Å². The summed E-state index contributed by atoms with van der Waals surface area (Å²) in [4.78, 5) is 12.3. The molecule has 0 unspecified atom stereocenters. The van der Waals surface area contributed by atoms with Crippen LogP contribution in [0.4, 0.5) is 0 Å². The number of hydrogen-bond donors (Lipinski definition) is 0. The predicted octanol–water partition coefficient (Wildman–Crippen LogP) is 2.68. The fourth-order valence-corrected chi connectivity index (χ4v) is 2.55. The largest absolute Gasteiger partial charge is 0.358 e. The molecule has 0 aliphatic heterocycles. The van der Waals surface area contributed by atoms with Gasteiger partial charge in [-0.1, -0.05) is 27.0 Å². The van der Waals surface area contributed by atoms with Crippen molar-refractivity contribution in [1.29, 1.82) is 0 Å². The number of carbonyl (C=O) groups is 1. The number of carbonyl (C=O) groups excluding carboxylic acids is 1. The predicted molar refractivity (Wildman–Crippen MR) is 70.8 cm³/mol. The maximum atomic E-state index is 12.3. The van der Waals surface area contributed by atoms with E-state index in [-0.39, 0.29) is 32.3 Å². The number of Topliss-reactive ketones (excluding diaryl/α,β-unsaturated/α-hetero) is 1. The van der Waals surface area contributed by atoms with Crippen LogP contribution in [0.2, 0.25) is 0 Å². The van der Waals surface area contributed by atoms with Crippen LogP contribution in [0.1, 0.15) is 43.2 Å². The van der Waals surface area contributed by atoms with Crippen molar-refractivity contribution in [2.75, 3.05) is 0 Å². The molecule has 1 atom stereocenters. The van der Waals surface area contributed by atoms with Crippen molar-refractivity contribution in [2.45, 2.75) is 32.6 Å². The number of hydrogen-bond acceptors (Lipinski definition) is 4. The van der Waals surface area contributed by atoms with E-state index < -0.39 is 0 Å². The SMILES string of the molecule is CC(C)[C@](C)(CC(=O)c1ccsc1)c1c[n-]nn1.[W]. The van der Waals surface area contributed by atoms with Gasteiger partial charge in [-0.2, -0.15) is 11.3 Å². The Hall–Kier alpha value is -0.802. The minimum absolute atomic E-state index is 0. The molecule has 0 bridgehead atoms. The Bertz CT molecular complexity index is 510. The zero-order valence-electron chi connectivity index (χ0n) is 11.2. The Balaban J connectivity index is 0.00000180. The monoisotopic (exact) mass is 446 g/mol. The first-order valence-electron chi connectivity index (χ1n) is 5.91. The second kappa shape index (κ2) is 6.57. The third-order valence-electron chi connectivity index (χ3n) is 3.61. The Morgan fingerprint density at radius 1 is 1.53 bits per heavy atom. The molecule has 102 valence electrons. The molecule has 0 aromatic carbocycles. The van der Waals surface area contributed by atoms with Gasteiger partial charge in [0, 0.05) is 38.4 Å². The van der Waals surface area contributed by atoms with Crippen LogP contribution in [-0.2, 0) is 26.5 Å². The Labute approximate surface area is 131 Å². The van der Waals surface area contributed by atoms with Gasteiger partial charge in [-0.15, -0.1) is 0 Å². The molecule has 2 aromatic rings. The second-order valence-corrected chi connectivity index (χ2v) is 5.78. The minimum atomic E-state index is -0.317. The van der Waals surface area contributed by atoms with Gasteiger partial charge >= 0.3 is 0 Å². The molecule has 2 aromatic heterocycles. The van der Waals surface area contributed by atoms with Gasteiger partial charge < -0.3 is 10.2 Å². The summed E-state index contributed by atoms with van der Waals surface area (Å²) in [6, 6.07) is 1.86. The Kier molecular flexibility index (Phi) is 5.62. The van der Waals surface area contributed by atoms with Crippen molar-refractivity contribution in [1.82, 2.24) is 15.4 Å². The van der Waals surface area contributed by atoms with Crippen molar-refractivity contribution in [3.63, 3.8) is 0 Å². The first kappa shape index (κ1) is 16.3. The van der Waals surface area contributed by atoms with Gasteiger partial charge in [0.2, 0.25) is 0 Å². The Morgan fingerprint density at radius 3 is 2.74 bits per heavy atom. The molecule has 2 heterocycles. The average Bonchev–Trinajstić information content (AvgIpc) is 3.02. The van der Waals surface area contributed by atoms with Crippen LogP contribution in [0.25, 0.3) is 0 Å². The summed E-state index contributed by atoms with van der Waals surface area (Å²) in [5.41, 5.74) is 1.25. The van der Waals surface area contributed by atoms with Crippen LogP contribution in [-0.4, -0.2) is 16.1 Å². The molecule has 0 amide bonds. The number of ketones is 1. The van der Waals surface area contributed by atoms with Gasteiger partial charge in [0.15, 0.2) is 5.78 Å². The van der Waals surface area contributed by atoms with Gasteiger partial charge in [-0.25, -0.2) is 0 Å². The van der Waals surface area contributed by atoms with Crippen LogP contribution in [0.15, 0.2) is 23.0 Å². The molecule has 4 nitrogen and oxygen atoms in total. The van der Waals surface area contributed by atoms with Crippen molar-refractivity contribution >= 4 is 17.1 Å². The third-order valence-corrected chi connectivity index (χ3v) is 4.30. The van der Waals surface area contributed by atoms with Crippen molar-refractivity contribution in [2.24, 2.45) is 5.92 Å².